The molecule has 0 saturated carbocycles. The van der Waals surface area contributed by atoms with E-state index in [0.717, 1.165) is 28.6 Å². The Morgan fingerprint density at radius 2 is 1.10 bits per heavy atom. The fraction of sp³-hybridized carbons (Fsp3) is 0.0444. The van der Waals surface area contributed by atoms with Crippen LogP contribution in [-0.2, 0) is 6.42 Å². The van der Waals surface area contributed by atoms with E-state index in [0.29, 0.717) is 5.89 Å². The van der Waals surface area contributed by atoms with E-state index in [1.807, 2.05) is 6.07 Å². The third-order valence-corrected chi connectivity index (χ3v) is 9.45. The summed E-state index contributed by atoms with van der Waals surface area (Å²) < 4.78 is 8.53. The van der Waals surface area contributed by atoms with Crippen molar-refractivity contribution in [2.75, 3.05) is 0 Å². The van der Waals surface area contributed by atoms with Gasteiger partial charge in [0.1, 0.15) is 5.52 Å². The van der Waals surface area contributed by atoms with Crippen LogP contribution in [0.3, 0.4) is 0 Å². The van der Waals surface area contributed by atoms with Gasteiger partial charge in [-0.2, -0.15) is 0 Å². The molecule has 0 aliphatic carbocycles. The summed E-state index contributed by atoms with van der Waals surface area (Å²) in [6.07, 6.45) is 0.969. The van der Waals surface area contributed by atoms with Crippen molar-refractivity contribution in [3.05, 3.63) is 169 Å². The van der Waals surface area contributed by atoms with Crippen LogP contribution < -0.4 is 0 Å². The van der Waals surface area contributed by atoms with Gasteiger partial charge in [0.2, 0.25) is 5.89 Å². The average Bonchev–Trinajstić information content (AvgIpc) is 3.74. The molecule has 0 aliphatic rings. The molecule has 0 fully saturated rings. The number of benzene rings is 7. The lowest BCUT2D eigenvalue weighted by Crippen LogP contribution is -1.93. The fourth-order valence-electron chi connectivity index (χ4n) is 7.04. The van der Waals surface area contributed by atoms with Gasteiger partial charge in [-0.3, -0.25) is 0 Å². The highest BCUT2D eigenvalue weighted by Gasteiger charge is 2.17. The van der Waals surface area contributed by atoms with Crippen molar-refractivity contribution in [2.24, 2.45) is 0 Å². The molecule has 0 amide bonds. The van der Waals surface area contributed by atoms with Crippen molar-refractivity contribution in [1.82, 2.24) is 9.55 Å². The van der Waals surface area contributed by atoms with Gasteiger partial charge < -0.3 is 8.98 Å². The Kier molecular flexibility index (Phi) is 6.76. The van der Waals surface area contributed by atoms with Gasteiger partial charge in [0.15, 0.2) is 5.58 Å². The number of aromatic nitrogens is 2. The number of hydrogen-bond donors (Lipinski definition) is 0. The Hall–Kier alpha value is -6.19. The molecule has 0 atom stereocenters. The third-order valence-electron chi connectivity index (χ3n) is 9.45. The van der Waals surface area contributed by atoms with E-state index in [1.165, 1.54) is 60.9 Å². The zero-order valence-electron chi connectivity index (χ0n) is 26.6. The van der Waals surface area contributed by atoms with Crippen LogP contribution in [0.1, 0.15) is 12.5 Å². The maximum atomic E-state index is 6.17. The molecule has 0 aliphatic heterocycles. The Morgan fingerprint density at radius 3 is 1.85 bits per heavy atom. The predicted molar refractivity (Wildman–Crippen MR) is 199 cm³/mol. The van der Waals surface area contributed by atoms with Crippen LogP contribution >= 0.6 is 0 Å². The molecular weight excluding hydrogens is 585 g/mol. The SMILES string of the molecule is CCc1ccc2nc(-c3ccc(-c4ccccc4-c4ccccc4-c4ccc5c(c4)c4ccccc4n5-c4ccccc4)cc3)oc2c1. The van der Waals surface area contributed by atoms with Gasteiger partial charge in [0.05, 0.1) is 11.0 Å². The molecule has 3 heteroatoms. The molecule has 0 saturated heterocycles. The van der Waals surface area contributed by atoms with Gasteiger partial charge in [-0.1, -0.05) is 116 Å². The van der Waals surface area contributed by atoms with Crippen LogP contribution in [0.15, 0.2) is 168 Å². The molecule has 2 heterocycles. The van der Waals surface area contributed by atoms with Crippen LogP contribution in [0.4, 0.5) is 0 Å². The van der Waals surface area contributed by atoms with E-state index in [-0.39, 0.29) is 0 Å². The standard InChI is InChI=1S/C45H32N2O/c1-2-30-20-26-41-44(28-30)48-45(46-41)32-23-21-31(22-24-32)35-14-6-8-16-37(35)38-17-9-7-15-36(38)33-25-27-43-40(29-33)39-18-10-11-19-42(39)47(43)34-12-4-3-5-13-34/h3-29H,2H2,1H3. The minimum atomic E-state index is 0.646. The first kappa shape index (κ1) is 28.1. The number of oxazole rings is 1. The number of hydrogen-bond acceptors (Lipinski definition) is 2. The van der Waals surface area contributed by atoms with E-state index in [1.54, 1.807) is 0 Å². The highest BCUT2D eigenvalue weighted by Crippen LogP contribution is 2.41. The van der Waals surface area contributed by atoms with E-state index in [2.05, 4.69) is 169 Å². The molecule has 7 aromatic carbocycles. The van der Waals surface area contributed by atoms with Crippen molar-refractivity contribution in [2.45, 2.75) is 13.3 Å². The van der Waals surface area contributed by atoms with E-state index >= 15 is 0 Å². The molecular formula is C45H32N2O. The number of nitrogens with zero attached hydrogens (tertiary/aromatic N) is 2. The highest BCUT2D eigenvalue weighted by molar-refractivity contribution is 6.11. The third kappa shape index (κ3) is 4.71. The molecule has 48 heavy (non-hydrogen) atoms. The second kappa shape index (κ2) is 11.6. The number of para-hydroxylation sites is 2. The molecule has 2 aromatic heterocycles. The topological polar surface area (TPSA) is 31.0 Å². The molecule has 0 radical (unpaired) electrons. The predicted octanol–water partition coefficient (Wildman–Crippen LogP) is 12.2. The minimum Gasteiger partial charge on any atom is -0.436 e. The summed E-state index contributed by atoms with van der Waals surface area (Å²) >= 11 is 0. The zero-order valence-corrected chi connectivity index (χ0v) is 26.6. The van der Waals surface area contributed by atoms with Gasteiger partial charge >= 0.3 is 0 Å². The van der Waals surface area contributed by atoms with Crippen LogP contribution in [0.5, 0.6) is 0 Å². The normalized spacial score (nSPS) is 11.5. The first-order valence-electron chi connectivity index (χ1n) is 16.5. The van der Waals surface area contributed by atoms with Crippen molar-refractivity contribution in [1.29, 1.82) is 0 Å². The Balaban J connectivity index is 1.13. The van der Waals surface area contributed by atoms with E-state index in [9.17, 15) is 0 Å². The molecule has 9 rings (SSSR count). The number of aryl methyl sites for hydroxylation is 1. The lowest BCUT2D eigenvalue weighted by atomic mass is 9.89. The van der Waals surface area contributed by atoms with Gasteiger partial charge in [0, 0.05) is 22.0 Å². The Bertz CT molecular complexity index is 2590. The highest BCUT2D eigenvalue weighted by atomic mass is 16.3. The van der Waals surface area contributed by atoms with Gasteiger partial charge in [-0.25, -0.2) is 4.98 Å². The molecule has 0 bridgehead atoms. The van der Waals surface area contributed by atoms with Crippen molar-refractivity contribution >= 4 is 32.9 Å². The van der Waals surface area contributed by atoms with Crippen LogP contribution in [0, 0.1) is 0 Å². The summed E-state index contributed by atoms with van der Waals surface area (Å²) in [6.45, 7) is 2.15. The quantitative estimate of drug-likeness (QED) is 0.186. The maximum Gasteiger partial charge on any atom is 0.227 e. The summed E-state index contributed by atoms with van der Waals surface area (Å²) in [5.41, 5.74) is 14.6. The van der Waals surface area contributed by atoms with E-state index in [4.69, 9.17) is 9.40 Å². The molecule has 0 spiro atoms. The second-order valence-electron chi connectivity index (χ2n) is 12.3. The molecule has 0 N–H and O–H groups in total. The van der Waals surface area contributed by atoms with Crippen molar-refractivity contribution in [3.8, 4) is 50.5 Å². The van der Waals surface area contributed by atoms with Crippen LogP contribution in [0.25, 0.3) is 83.4 Å². The van der Waals surface area contributed by atoms with Crippen molar-refractivity contribution in [3.63, 3.8) is 0 Å². The van der Waals surface area contributed by atoms with Gasteiger partial charge in [0.25, 0.3) is 0 Å². The first-order chi connectivity index (χ1) is 23.7. The van der Waals surface area contributed by atoms with E-state index < -0.39 is 0 Å². The summed E-state index contributed by atoms with van der Waals surface area (Å²) in [6, 6.07) is 58.5. The fourth-order valence-corrected chi connectivity index (χ4v) is 7.04. The minimum absolute atomic E-state index is 0.646. The first-order valence-corrected chi connectivity index (χ1v) is 16.5. The monoisotopic (exact) mass is 616 g/mol. The smallest absolute Gasteiger partial charge is 0.227 e. The summed E-state index contributed by atoms with van der Waals surface area (Å²) in [7, 11) is 0. The zero-order chi connectivity index (χ0) is 32.0. The Morgan fingerprint density at radius 1 is 0.500 bits per heavy atom. The summed E-state index contributed by atoms with van der Waals surface area (Å²) in [5.74, 6) is 0.646. The van der Waals surface area contributed by atoms with Crippen LogP contribution in [-0.4, -0.2) is 9.55 Å². The van der Waals surface area contributed by atoms with Gasteiger partial charge in [-0.15, -0.1) is 0 Å². The number of fused-ring (bicyclic) bond motifs is 4. The molecule has 228 valence electrons. The molecule has 3 nitrogen and oxygen atoms in total. The number of rotatable bonds is 6. The van der Waals surface area contributed by atoms with Crippen LogP contribution in [0.2, 0.25) is 0 Å². The lowest BCUT2D eigenvalue weighted by Gasteiger charge is -2.15. The molecule has 9 aromatic rings. The Labute approximate surface area is 279 Å². The largest absolute Gasteiger partial charge is 0.436 e. The average molecular weight is 617 g/mol. The van der Waals surface area contributed by atoms with Crippen molar-refractivity contribution < 1.29 is 4.42 Å². The lowest BCUT2D eigenvalue weighted by molar-refractivity contribution is 0.619. The second-order valence-corrected chi connectivity index (χ2v) is 12.3. The maximum absolute atomic E-state index is 6.17. The summed E-state index contributed by atoms with van der Waals surface area (Å²) in [5, 5.41) is 2.50. The molecule has 0 unspecified atom stereocenters. The summed E-state index contributed by atoms with van der Waals surface area (Å²) in [4.78, 5) is 4.76. The van der Waals surface area contributed by atoms with Gasteiger partial charge in [-0.05, 0) is 100.0 Å².